The zero-order chi connectivity index (χ0) is 35.4. The van der Waals surface area contributed by atoms with Crippen LogP contribution in [-0.2, 0) is 23.6 Å². The molecule has 1 amide bonds. The van der Waals surface area contributed by atoms with Crippen LogP contribution in [0, 0.1) is 23.2 Å². The number of carbonyl (C=O) groups is 1. The summed E-state index contributed by atoms with van der Waals surface area (Å²) in [6, 6.07) is 1.09. The maximum atomic E-state index is 13.4. The lowest BCUT2D eigenvalue weighted by Gasteiger charge is -2.45. The molecule has 266 valence electrons. The number of hydrogen-bond donors (Lipinski definition) is 3. The summed E-state index contributed by atoms with van der Waals surface area (Å²) >= 11 is 0. The molecule has 1 aromatic rings. The summed E-state index contributed by atoms with van der Waals surface area (Å²) in [4.78, 5) is 14.7. The van der Waals surface area contributed by atoms with E-state index >= 15 is 0 Å². The Bertz CT molecular complexity index is 1430. The predicted molar refractivity (Wildman–Crippen MR) is 169 cm³/mol. The standard InChI is InChI=1S/C37H47F6NO4/c1-21(30-9-10-31-24(6-5-12-34(30,31)3)7-8-25-17-29(45)19-32(46)22(25)2)14-28-20-35(4,48)33(47)44(28)13-11-23-15-26(36(38,39)40)18-27(16-23)37(41,42)43/h7-8,15-16,18,21,28-32,45-46,48H,2,5-6,9-14,17,19-20H2,1,3-4H3/b24-7+,25-8-/t21-,28+,29-,30-,31+,32+,34-,35+/m1/s1. The first-order chi connectivity index (χ1) is 22.2. The zero-order valence-electron chi connectivity index (χ0n) is 27.8. The maximum Gasteiger partial charge on any atom is 0.416 e. The van der Waals surface area contributed by atoms with Crippen molar-refractivity contribution in [2.45, 2.75) is 121 Å². The number of fused-ring (bicyclic) bond motifs is 1. The third-order valence-electron chi connectivity index (χ3n) is 11.7. The average molecular weight is 684 g/mol. The van der Waals surface area contributed by atoms with Crippen LogP contribution in [0.1, 0.15) is 95.2 Å². The van der Waals surface area contributed by atoms with Crippen molar-refractivity contribution in [3.05, 3.63) is 70.3 Å². The fourth-order valence-electron chi connectivity index (χ4n) is 9.31. The summed E-state index contributed by atoms with van der Waals surface area (Å²) in [5, 5.41) is 31.4. The monoisotopic (exact) mass is 683 g/mol. The second kappa shape index (κ2) is 13.2. The number of benzene rings is 1. The van der Waals surface area contributed by atoms with Crippen molar-refractivity contribution in [1.82, 2.24) is 4.90 Å². The molecule has 1 saturated heterocycles. The number of nitrogens with zero attached hydrogens (tertiary/aromatic N) is 1. The highest BCUT2D eigenvalue weighted by atomic mass is 19.4. The Hall–Kier alpha value is -2.63. The van der Waals surface area contributed by atoms with Gasteiger partial charge in [0.25, 0.3) is 5.91 Å². The van der Waals surface area contributed by atoms with Gasteiger partial charge in [0.05, 0.1) is 23.3 Å². The van der Waals surface area contributed by atoms with E-state index in [1.165, 1.54) is 17.4 Å². The van der Waals surface area contributed by atoms with Crippen molar-refractivity contribution in [2.24, 2.45) is 23.2 Å². The minimum atomic E-state index is -4.96. The van der Waals surface area contributed by atoms with Gasteiger partial charge in [0.15, 0.2) is 0 Å². The summed E-state index contributed by atoms with van der Waals surface area (Å²) in [7, 11) is 0. The topological polar surface area (TPSA) is 81.0 Å². The van der Waals surface area contributed by atoms with E-state index in [1.807, 2.05) is 6.08 Å². The normalized spacial score (nSPS) is 35.5. The number of aliphatic hydroxyl groups excluding tert-OH is 2. The maximum absolute atomic E-state index is 13.4. The molecule has 11 heteroatoms. The van der Waals surface area contributed by atoms with E-state index in [9.17, 15) is 46.5 Å². The van der Waals surface area contributed by atoms with Gasteiger partial charge in [-0.05, 0) is 116 Å². The van der Waals surface area contributed by atoms with Crippen molar-refractivity contribution in [1.29, 1.82) is 0 Å². The largest absolute Gasteiger partial charge is 0.416 e. The molecule has 0 unspecified atom stereocenters. The quantitative estimate of drug-likeness (QED) is 0.257. The fourth-order valence-corrected chi connectivity index (χ4v) is 9.31. The van der Waals surface area contributed by atoms with Crippen molar-refractivity contribution >= 4 is 5.91 Å². The van der Waals surface area contributed by atoms with Gasteiger partial charge in [-0.1, -0.05) is 38.2 Å². The van der Waals surface area contributed by atoms with E-state index < -0.39 is 53.2 Å². The molecule has 0 spiro atoms. The number of allylic oxidation sites excluding steroid dienone is 3. The van der Waals surface area contributed by atoms with Gasteiger partial charge in [0.2, 0.25) is 0 Å². The Morgan fingerprint density at radius 3 is 2.31 bits per heavy atom. The van der Waals surface area contributed by atoms with Crippen LogP contribution >= 0.6 is 0 Å². The molecular formula is C37H47F6NO4. The van der Waals surface area contributed by atoms with Gasteiger partial charge in [0, 0.05) is 25.4 Å². The Morgan fingerprint density at radius 1 is 1.04 bits per heavy atom. The highest BCUT2D eigenvalue weighted by Crippen LogP contribution is 2.60. The van der Waals surface area contributed by atoms with Crippen molar-refractivity contribution < 1.29 is 46.5 Å². The van der Waals surface area contributed by atoms with Gasteiger partial charge in [-0.15, -0.1) is 0 Å². The van der Waals surface area contributed by atoms with Crippen LogP contribution in [0.2, 0.25) is 0 Å². The fraction of sp³-hybridized carbons (Fsp3) is 0.649. The number of halogens is 6. The Kier molecular flexibility index (Phi) is 10.1. The van der Waals surface area contributed by atoms with E-state index in [0.717, 1.165) is 37.7 Å². The lowest BCUT2D eigenvalue weighted by atomic mass is 9.60. The summed E-state index contributed by atoms with van der Waals surface area (Å²) in [5.41, 5.74) is -1.78. The smallest absolute Gasteiger partial charge is 0.393 e. The Labute approximate surface area is 278 Å². The van der Waals surface area contributed by atoms with Crippen LogP contribution in [0.3, 0.4) is 0 Å². The molecule has 0 bridgehead atoms. The van der Waals surface area contributed by atoms with Crippen LogP contribution in [0.15, 0.2) is 53.6 Å². The van der Waals surface area contributed by atoms with Crippen molar-refractivity contribution in [3.8, 4) is 0 Å². The predicted octanol–water partition coefficient (Wildman–Crippen LogP) is 7.79. The summed E-state index contributed by atoms with van der Waals surface area (Å²) < 4.78 is 80.7. The molecule has 1 heterocycles. The van der Waals surface area contributed by atoms with Crippen LogP contribution in [-0.4, -0.2) is 56.5 Å². The van der Waals surface area contributed by atoms with Crippen LogP contribution in [0.4, 0.5) is 26.3 Å². The highest BCUT2D eigenvalue weighted by molar-refractivity contribution is 5.87. The minimum absolute atomic E-state index is 0.00734. The van der Waals surface area contributed by atoms with Crippen molar-refractivity contribution in [3.63, 3.8) is 0 Å². The molecule has 3 N–H and O–H groups in total. The molecule has 0 aromatic heterocycles. The number of hydrogen-bond acceptors (Lipinski definition) is 4. The van der Waals surface area contributed by atoms with Gasteiger partial charge < -0.3 is 20.2 Å². The average Bonchev–Trinajstić information content (AvgIpc) is 3.44. The molecule has 5 rings (SSSR count). The van der Waals surface area contributed by atoms with Gasteiger partial charge in [-0.25, -0.2) is 0 Å². The number of alkyl halides is 6. The highest BCUT2D eigenvalue weighted by Gasteiger charge is 2.53. The number of rotatable bonds is 7. The Balaban J connectivity index is 1.31. The van der Waals surface area contributed by atoms with E-state index in [2.05, 4.69) is 26.5 Å². The molecule has 1 aromatic carbocycles. The number of carbonyl (C=O) groups excluding carboxylic acids is 1. The lowest BCUT2D eigenvalue weighted by molar-refractivity contribution is -0.144. The van der Waals surface area contributed by atoms with Gasteiger partial charge in [0.1, 0.15) is 5.60 Å². The molecule has 1 aliphatic heterocycles. The third-order valence-corrected chi connectivity index (χ3v) is 11.7. The minimum Gasteiger partial charge on any atom is -0.393 e. The summed E-state index contributed by atoms with van der Waals surface area (Å²) in [5.74, 6) is 0.234. The molecule has 3 saturated carbocycles. The summed E-state index contributed by atoms with van der Waals surface area (Å²) in [6.45, 7) is 9.79. The number of likely N-dealkylation sites (tertiary alicyclic amines) is 1. The van der Waals surface area contributed by atoms with Crippen molar-refractivity contribution in [2.75, 3.05) is 6.54 Å². The molecule has 48 heavy (non-hydrogen) atoms. The molecule has 3 aliphatic carbocycles. The molecule has 4 aliphatic rings. The van der Waals surface area contributed by atoms with Crippen LogP contribution in [0.5, 0.6) is 0 Å². The zero-order valence-corrected chi connectivity index (χ0v) is 27.8. The molecule has 4 fully saturated rings. The van der Waals surface area contributed by atoms with Gasteiger partial charge >= 0.3 is 12.4 Å². The molecular weight excluding hydrogens is 636 g/mol. The molecule has 8 atom stereocenters. The molecule has 5 nitrogen and oxygen atoms in total. The third kappa shape index (κ3) is 7.43. The lowest BCUT2D eigenvalue weighted by Crippen LogP contribution is -2.41. The van der Waals surface area contributed by atoms with E-state index in [0.29, 0.717) is 42.4 Å². The number of aliphatic hydroxyl groups is 3. The number of amides is 1. The first-order valence-electron chi connectivity index (χ1n) is 17.0. The second-order valence-corrected chi connectivity index (χ2v) is 15.2. The summed E-state index contributed by atoms with van der Waals surface area (Å²) in [6.07, 6.45) is -0.932. The Morgan fingerprint density at radius 2 is 1.69 bits per heavy atom. The van der Waals surface area contributed by atoms with E-state index in [-0.39, 0.29) is 48.8 Å². The first kappa shape index (κ1) is 36.6. The van der Waals surface area contributed by atoms with E-state index in [4.69, 9.17) is 0 Å². The van der Waals surface area contributed by atoms with Gasteiger partial charge in [-0.2, -0.15) is 26.3 Å². The SMILES string of the molecule is C=C1/C(=C\C=C2/CCC[C@]3(C)[C@@H]([C@H](C)C[C@H]4C[C@](C)(O)C(=O)N4CCc4cc(C(F)(F)F)cc(C(F)(F)F)c4)CC[C@@H]23)C[C@@H](O)C[C@@H]1O. The van der Waals surface area contributed by atoms with Crippen LogP contribution in [0.25, 0.3) is 0 Å². The van der Waals surface area contributed by atoms with Gasteiger partial charge in [-0.3, -0.25) is 4.79 Å². The second-order valence-electron chi connectivity index (χ2n) is 15.2. The first-order valence-corrected chi connectivity index (χ1v) is 17.0. The van der Waals surface area contributed by atoms with Crippen LogP contribution < -0.4 is 0 Å². The van der Waals surface area contributed by atoms with E-state index in [1.54, 1.807) is 0 Å². The molecule has 0 radical (unpaired) electrons.